The summed E-state index contributed by atoms with van der Waals surface area (Å²) in [4.78, 5) is 26.2. The highest BCUT2D eigenvalue weighted by Gasteiger charge is 2.16. The van der Waals surface area contributed by atoms with E-state index in [1.165, 1.54) is 12.0 Å². The second kappa shape index (κ2) is 9.25. The first-order valence-electron chi connectivity index (χ1n) is 8.92. The summed E-state index contributed by atoms with van der Waals surface area (Å²) in [5.41, 5.74) is 2.13. The van der Waals surface area contributed by atoms with Gasteiger partial charge in [0.25, 0.3) is 0 Å². The quantitative estimate of drug-likeness (QED) is 0.646. The highest BCUT2D eigenvalue weighted by atomic mass is 35.5. The van der Waals surface area contributed by atoms with E-state index in [2.05, 4.69) is 10.4 Å². The van der Waals surface area contributed by atoms with Crippen LogP contribution in [0, 0.1) is 0 Å². The van der Waals surface area contributed by atoms with Crippen molar-refractivity contribution in [2.24, 2.45) is 0 Å². The van der Waals surface area contributed by atoms with Crippen LogP contribution in [0.2, 0.25) is 5.02 Å². The molecular formula is C21H21ClN4O3. The van der Waals surface area contributed by atoms with E-state index in [1.54, 1.807) is 42.3 Å². The number of hydrogen-bond donors (Lipinski definition) is 1. The van der Waals surface area contributed by atoms with Crippen molar-refractivity contribution in [2.45, 2.75) is 6.42 Å². The second-order valence-corrected chi connectivity index (χ2v) is 6.88. The molecule has 8 heteroatoms. The number of carbonyl (C=O) groups is 2. The average molecular weight is 413 g/mol. The van der Waals surface area contributed by atoms with Gasteiger partial charge in [0.15, 0.2) is 0 Å². The lowest BCUT2D eigenvalue weighted by molar-refractivity contribution is -0.132. The standard InChI is InChI=1S/C21H21ClN4O3/c1-25(14-20(27)24-18-11-16(22)8-9-19(18)29-2)21(28)10-15-12-23-26(13-15)17-6-4-3-5-7-17/h3-9,11-13H,10,14H2,1-2H3,(H,24,27). The van der Waals surface area contributed by atoms with E-state index in [0.29, 0.717) is 16.5 Å². The number of halogens is 1. The van der Waals surface area contributed by atoms with Gasteiger partial charge in [0.2, 0.25) is 11.8 Å². The first-order chi connectivity index (χ1) is 14.0. The molecule has 29 heavy (non-hydrogen) atoms. The molecule has 0 aliphatic heterocycles. The maximum Gasteiger partial charge on any atom is 0.244 e. The number of methoxy groups -OCH3 is 1. The first kappa shape index (κ1) is 20.4. The number of hydrogen-bond acceptors (Lipinski definition) is 4. The van der Waals surface area contributed by atoms with Crippen LogP contribution in [0.3, 0.4) is 0 Å². The fraction of sp³-hybridized carbons (Fsp3) is 0.190. The number of amides is 2. The normalized spacial score (nSPS) is 10.4. The lowest BCUT2D eigenvalue weighted by Gasteiger charge is -2.17. The molecule has 1 heterocycles. The van der Waals surface area contributed by atoms with Gasteiger partial charge in [-0.2, -0.15) is 5.10 Å². The van der Waals surface area contributed by atoms with E-state index in [0.717, 1.165) is 11.3 Å². The van der Waals surface area contributed by atoms with Crippen molar-refractivity contribution in [1.29, 1.82) is 0 Å². The molecule has 1 N–H and O–H groups in total. The largest absolute Gasteiger partial charge is 0.495 e. The molecule has 0 aliphatic carbocycles. The maximum atomic E-state index is 12.5. The highest BCUT2D eigenvalue weighted by molar-refractivity contribution is 6.31. The molecular weight excluding hydrogens is 392 g/mol. The number of benzene rings is 2. The van der Waals surface area contributed by atoms with Gasteiger partial charge in [-0.05, 0) is 35.9 Å². The van der Waals surface area contributed by atoms with E-state index in [9.17, 15) is 9.59 Å². The zero-order valence-corrected chi connectivity index (χ0v) is 16.9. The van der Waals surface area contributed by atoms with Gasteiger partial charge in [-0.1, -0.05) is 29.8 Å². The zero-order chi connectivity index (χ0) is 20.8. The number of ether oxygens (including phenoxy) is 1. The number of likely N-dealkylation sites (N-methyl/N-ethyl adjacent to an activating group) is 1. The molecule has 0 saturated heterocycles. The van der Waals surface area contributed by atoms with E-state index in [1.807, 2.05) is 30.3 Å². The lowest BCUT2D eigenvalue weighted by Crippen LogP contribution is -2.35. The SMILES string of the molecule is COc1ccc(Cl)cc1NC(=O)CN(C)C(=O)Cc1cnn(-c2ccccc2)c1. The predicted octanol–water partition coefficient (Wildman–Crippen LogP) is 3.17. The Labute approximate surface area is 173 Å². The number of para-hydroxylation sites is 1. The smallest absolute Gasteiger partial charge is 0.244 e. The van der Waals surface area contributed by atoms with Crippen LogP contribution in [0.4, 0.5) is 5.69 Å². The third kappa shape index (κ3) is 5.36. The van der Waals surface area contributed by atoms with E-state index in [4.69, 9.17) is 16.3 Å². The third-order valence-corrected chi connectivity index (χ3v) is 4.49. The summed E-state index contributed by atoms with van der Waals surface area (Å²) in [6.07, 6.45) is 3.60. The van der Waals surface area contributed by atoms with E-state index < -0.39 is 0 Å². The molecule has 0 spiro atoms. The van der Waals surface area contributed by atoms with Gasteiger partial charge < -0.3 is 15.0 Å². The number of nitrogens with zero attached hydrogens (tertiary/aromatic N) is 3. The van der Waals surface area contributed by atoms with Crippen LogP contribution in [0.15, 0.2) is 60.9 Å². The first-order valence-corrected chi connectivity index (χ1v) is 9.30. The van der Waals surface area contributed by atoms with Crippen LogP contribution >= 0.6 is 11.6 Å². The zero-order valence-electron chi connectivity index (χ0n) is 16.1. The molecule has 0 unspecified atom stereocenters. The van der Waals surface area contributed by atoms with Crippen LogP contribution in [0.1, 0.15) is 5.56 Å². The molecule has 2 aromatic carbocycles. The summed E-state index contributed by atoms with van der Waals surface area (Å²) in [5, 5.41) is 7.48. The topological polar surface area (TPSA) is 76.5 Å². The van der Waals surface area contributed by atoms with Crippen molar-refractivity contribution in [3.8, 4) is 11.4 Å². The molecule has 0 fully saturated rings. The molecule has 7 nitrogen and oxygen atoms in total. The summed E-state index contributed by atoms with van der Waals surface area (Å²) in [6, 6.07) is 14.6. The molecule has 2 amide bonds. The number of aromatic nitrogens is 2. The minimum atomic E-state index is -0.346. The van der Waals surface area contributed by atoms with Gasteiger partial charge in [-0.15, -0.1) is 0 Å². The van der Waals surface area contributed by atoms with Crippen LogP contribution < -0.4 is 10.1 Å². The molecule has 0 aliphatic rings. The van der Waals surface area contributed by atoms with Crippen LogP contribution in [0.25, 0.3) is 5.69 Å². The Hall–Kier alpha value is -3.32. The molecule has 150 valence electrons. The van der Waals surface area contributed by atoms with Crippen LogP contribution in [-0.2, 0) is 16.0 Å². The Kier molecular flexibility index (Phi) is 6.51. The summed E-state index contributed by atoms with van der Waals surface area (Å²) in [5.74, 6) is -0.0442. The van der Waals surface area contributed by atoms with E-state index in [-0.39, 0.29) is 24.8 Å². The number of carbonyl (C=O) groups excluding carboxylic acids is 2. The summed E-state index contributed by atoms with van der Waals surface area (Å²) < 4.78 is 6.92. The molecule has 0 atom stereocenters. The van der Waals surface area contributed by atoms with Crippen LogP contribution in [-0.4, -0.2) is 47.2 Å². The molecule has 0 saturated carbocycles. The molecule has 1 aromatic heterocycles. The van der Waals surface area contributed by atoms with Gasteiger partial charge in [0.05, 0.1) is 37.6 Å². The van der Waals surface area contributed by atoms with Gasteiger partial charge >= 0.3 is 0 Å². The van der Waals surface area contributed by atoms with Gasteiger partial charge in [0.1, 0.15) is 5.75 Å². The monoisotopic (exact) mass is 412 g/mol. The van der Waals surface area contributed by atoms with Crippen molar-refractivity contribution >= 4 is 29.1 Å². The predicted molar refractivity (Wildman–Crippen MR) is 112 cm³/mol. The maximum absolute atomic E-state index is 12.5. The molecule has 3 aromatic rings. The van der Waals surface area contributed by atoms with Crippen LogP contribution in [0.5, 0.6) is 5.75 Å². The number of rotatable bonds is 7. The van der Waals surface area contributed by atoms with Crippen molar-refractivity contribution in [2.75, 3.05) is 26.0 Å². The van der Waals surface area contributed by atoms with Gasteiger partial charge in [0, 0.05) is 18.3 Å². The fourth-order valence-corrected chi connectivity index (χ4v) is 2.93. The average Bonchev–Trinajstić information content (AvgIpc) is 3.17. The highest BCUT2D eigenvalue weighted by Crippen LogP contribution is 2.27. The van der Waals surface area contributed by atoms with Crippen molar-refractivity contribution in [1.82, 2.24) is 14.7 Å². The Bertz CT molecular complexity index is 1000. The molecule has 3 rings (SSSR count). The van der Waals surface area contributed by atoms with Gasteiger partial charge in [-0.25, -0.2) is 4.68 Å². The van der Waals surface area contributed by atoms with Crippen molar-refractivity contribution < 1.29 is 14.3 Å². The number of nitrogens with one attached hydrogen (secondary N) is 1. The summed E-state index contributed by atoms with van der Waals surface area (Å²) >= 11 is 5.97. The van der Waals surface area contributed by atoms with Gasteiger partial charge in [-0.3, -0.25) is 9.59 Å². The Balaban J connectivity index is 1.57. The van der Waals surface area contributed by atoms with Crippen molar-refractivity contribution in [3.05, 3.63) is 71.5 Å². The summed E-state index contributed by atoms with van der Waals surface area (Å²) in [7, 11) is 3.09. The molecule has 0 bridgehead atoms. The Morgan fingerprint density at radius 1 is 1.21 bits per heavy atom. The minimum absolute atomic E-state index is 0.0959. The number of anilines is 1. The van der Waals surface area contributed by atoms with E-state index >= 15 is 0 Å². The minimum Gasteiger partial charge on any atom is -0.495 e. The van der Waals surface area contributed by atoms with Crippen molar-refractivity contribution in [3.63, 3.8) is 0 Å². The Morgan fingerprint density at radius 2 is 1.97 bits per heavy atom. The third-order valence-electron chi connectivity index (χ3n) is 4.25. The summed E-state index contributed by atoms with van der Waals surface area (Å²) in [6.45, 7) is -0.0959. The lowest BCUT2D eigenvalue weighted by atomic mass is 10.2. The fourth-order valence-electron chi connectivity index (χ4n) is 2.75. The second-order valence-electron chi connectivity index (χ2n) is 6.45. The Morgan fingerprint density at radius 3 is 2.69 bits per heavy atom. The molecule has 0 radical (unpaired) electrons.